The second-order valence-corrected chi connectivity index (χ2v) is 6.48. The summed E-state index contributed by atoms with van der Waals surface area (Å²) < 4.78 is 12.9. The lowest BCUT2D eigenvalue weighted by atomic mass is 10.1. The van der Waals surface area contributed by atoms with Crippen LogP contribution in [0.15, 0.2) is 24.3 Å². The number of aliphatic hydroxyl groups is 2. The van der Waals surface area contributed by atoms with E-state index in [4.69, 9.17) is 14.6 Å². The highest BCUT2D eigenvalue weighted by Gasteiger charge is 2.21. The van der Waals surface area contributed by atoms with E-state index in [-0.39, 0.29) is 6.61 Å². The van der Waals surface area contributed by atoms with Crippen molar-refractivity contribution in [2.75, 3.05) is 26.9 Å². The SMILES string of the molecule is CCOCc1cc(CN2CCn3nc([C@H](O)CO)cc3C2)ccc1OC. The third-order valence-corrected chi connectivity index (χ3v) is 4.62. The molecule has 2 aromatic rings. The van der Waals surface area contributed by atoms with Crippen molar-refractivity contribution < 1.29 is 19.7 Å². The fraction of sp³-hybridized carbons (Fsp3) is 0.526. The largest absolute Gasteiger partial charge is 0.496 e. The van der Waals surface area contributed by atoms with Crippen molar-refractivity contribution >= 4 is 0 Å². The van der Waals surface area contributed by atoms with Gasteiger partial charge < -0.3 is 19.7 Å². The molecule has 0 fully saturated rings. The van der Waals surface area contributed by atoms with Crippen molar-refractivity contribution in [1.82, 2.24) is 14.7 Å². The number of fused-ring (bicyclic) bond motifs is 1. The molecule has 0 amide bonds. The monoisotopic (exact) mass is 361 g/mol. The van der Waals surface area contributed by atoms with E-state index in [1.54, 1.807) is 7.11 Å². The van der Waals surface area contributed by atoms with Gasteiger partial charge in [-0.1, -0.05) is 6.07 Å². The fourth-order valence-corrected chi connectivity index (χ4v) is 3.25. The third kappa shape index (κ3) is 4.24. The van der Waals surface area contributed by atoms with Gasteiger partial charge in [0, 0.05) is 31.8 Å². The van der Waals surface area contributed by atoms with Crippen LogP contribution >= 0.6 is 0 Å². The number of aromatic nitrogens is 2. The maximum atomic E-state index is 9.77. The number of ether oxygens (including phenoxy) is 2. The second kappa shape index (κ2) is 8.64. The minimum absolute atomic E-state index is 0.311. The Hall–Kier alpha value is -1.93. The molecule has 0 spiro atoms. The maximum Gasteiger partial charge on any atom is 0.124 e. The second-order valence-electron chi connectivity index (χ2n) is 6.48. The van der Waals surface area contributed by atoms with Gasteiger partial charge in [-0.05, 0) is 30.7 Å². The van der Waals surface area contributed by atoms with Gasteiger partial charge in [-0.3, -0.25) is 9.58 Å². The van der Waals surface area contributed by atoms with Gasteiger partial charge in [-0.15, -0.1) is 0 Å². The minimum Gasteiger partial charge on any atom is -0.496 e. The highest BCUT2D eigenvalue weighted by molar-refractivity contribution is 5.37. The van der Waals surface area contributed by atoms with Gasteiger partial charge in [0.15, 0.2) is 0 Å². The predicted molar refractivity (Wildman–Crippen MR) is 96.7 cm³/mol. The summed E-state index contributed by atoms with van der Waals surface area (Å²) in [6.07, 6.45) is -0.913. The van der Waals surface area contributed by atoms with Gasteiger partial charge in [-0.25, -0.2) is 0 Å². The first-order chi connectivity index (χ1) is 12.6. The predicted octanol–water partition coefficient (Wildman–Crippen LogP) is 1.47. The van der Waals surface area contributed by atoms with Crippen molar-refractivity contribution in [1.29, 1.82) is 0 Å². The van der Waals surface area contributed by atoms with E-state index in [2.05, 4.69) is 22.1 Å². The fourth-order valence-electron chi connectivity index (χ4n) is 3.25. The van der Waals surface area contributed by atoms with E-state index in [9.17, 15) is 5.11 Å². The minimum atomic E-state index is -0.913. The van der Waals surface area contributed by atoms with E-state index in [0.29, 0.717) is 18.9 Å². The van der Waals surface area contributed by atoms with Gasteiger partial charge in [-0.2, -0.15) is 5.10 Å². The summed E-state index contributed by atoms with van der Waals surface area (Å²) in [6, 6.07) is 8.09. The highest BCUT2D eigenvalue weighted by Crippen LogP contribution is 2.24. The van der Waals surface area contributed by atoms with Crippen LogP contribution < -0.4 is 4.74 Å². The number of hydrogen-bond donors (Lipinski definition) is 2. The summed E-state index contributed by atoms with van der Waals surface area (Å²) in [7, 11) is 1.68. The lowest BCUT2D eigenvalue weighted by Gasteiger charge is -2.27. The molecule has 2 N–H and O–H groups in total. The maximum absolute atomic E-state index is 9.77. The summed E-state index contributed by atoms with van der Waals surface area (Å²) >= 11 is 0. The summed E-state index contributed by atoms with van der Waals surface area (Å²) in [6.45, 7) is 6.13. The molecule has 0 bridgehead atoms. The van der Waals surface area contributed by atoms with Crippen LogP contribution in [0.3, 0.4) is 0 Å². The molecule has 2 heterocycles. The van der Waals surface area contributed by atoms with Crippen LogP contribution in [0.2, 0.25) is 0 Å². The quantitative estimate of drug-likeness (QED) is 0.741. The number of hydrogen-bond acceptors (Lipinski definition) is 6. The molecule has 7 heteroatoms. The van der Waals surface area contributed by atoms with E-state index in [0.717, 1.165) is 43.2 Å². The molecular weight excluding hydrogens is 334 g/mol. The van der Waals surface area contributed by atoms with Crippen LogP contribution in [0, 0.1) is 0 Å². The Balaban J connectivity index is 1.69. The Morgan fingerprint density at radius 3 is 2.85 bits per heavy atom. The molecule has 0 saturated heterocycles. The van der Waals surface area contributed by atoms with E-state index in [1.165, 1.54) is 5.56 Å². The van der Waals surface area contributed by atoms with Crippen LogP contribution in [-0.2, 0) is 31.0 Å². The van der Waals surface area contributed by atoms with Crippen LogP contribution in [0.5, 0.6) is 5.75 Å². The van der Waals surface area contributed by atoms with Gasteiger partial charge in [0.05, 0.1) is 38.3 Å². The van der Waals surface area contributed by atoms with Crippen molar-refractivity contribution in [2.24, 2.45) is 0 Å². The Labute approximate surface area is 153 Å². The number of methoxy groups -OCH3 is 1. The van der Waals surface area contributed by atoms with Gasteiger partial charge in [0.2, 0.25) is 0 Å². The smallest absolute Gasteiger partial charge is 0.124 e. The summed E-state index contributed by atoms with van der Waals surface area (Å²) in [4.78, 5) is 2.35. The molecule has 1 atom stereocenters. The molecule has 0 aliphatic carbocycles. The third-order valence-electron chi connectivity index (χ3n) is 4.62. The first-order valence-electron chi connectivity index (χ1n) is 8.96. The molecule has 0 saturated carbocycles. The summed E-state index contributed by atoms with van der Waals surface area (Å²) in [5.41, 5.74) is 3.86. The highest BCUT2D eigenvalue weighted by atomic mass is 16.5. The molecular formula is C19H27N3O4. The molecule has 1 aliphatic rings. The van der Waals surface area contributed by atoms with Crippen molar-refractivity contribution in [3.05, 3.63) is 46.8 Å². The number of aliphatic hydroxyl groups excluding tert-OH is 2. The molecule has 1 aromatic carbocycles. The topological polar surface area (TPSA) is 80.0 Å². The van der Waals surface area contributed by atoms with Crippen LogP contribution in [0.1, 0.15) is 35.5 Å². The Morgan fingerprint density at radius 1 is 1.27 bits per heavy atom. The normalized spacial score (nSPS) is 15.7. The number of benzene rings is 1. The van der Waals surface area contributed by atoms with Crippen molar-refractivity contribution in [2.45, 2.75) is 39.3 Å². The van der Waals surface area contributed by atoms with Crippen LogP contribution in [0.25, 0.3) is 0 Å². The first kappa shape index (κ1) is 18.8. The van der Waals surface area contributed by atoms with E-state index < -0.39 is 6.10 Å². The van der Waals surface area contributed by atoms with Crippen LogP contribution in [-0.4, -0.2) is 51.8 Å². The molecule has 1 aliphatic heterocycles. The molecule has 7 nitrogen and oxygen atoms in total. The molecule has 1 aromatic heterocycles. The first-order valence-corrected chi connectivity index (χ1v) is 8.96. The molecule has 3 rings (SSSR count). The van der Waals surface area contributed by atoms with Crippen molar-refractivity contribution in [3.63, 3.8) is 0 Å². The molecule has 0 unspecified atom stereocenters. The van der Waals surface area contributed by atoms with Gasteiger partial charge in [0.1, 0.15) is 11.9 Å². The van der Waals surface area contributed by atoms with Gasteiger partial charge >= 0.3 is 0 Å². The zero-order valence-corrected chi connectivity index (χ0v) is 15.4. The zero-order chi connectivity index (χ0) is 18.5. The average molecular weight is 361 g/mol. The van der Waals surface area contributed by atoms with Crippen molar-refractivity contribution in [3.8, 4) is 5.75 Å². The number of rotatable bonds is 8. The Morgan fingerprint density at radius 2 is 2.12 bits per heavy atom. The van der Waals surface area contributed by atoms with E-state index in [1.807, 2.05) is 23.7 Å². The molecule has 0 radical (unpaired) electrons. The Kier molecular flexibility index (Phi) is 6.26. The molecule has 26 heavy (non-hydrogen) atoms. The Bertz CT molecular complexity index is 732. The lowest BCUT2D eigenvalue weighted by molar-refractivity contribution is 0.0915. The van der Waals surface area contributed by atoms with E-state index >= 15 is 0 Å². The lowest BCUT2D eigenvalue weighted by Crippen LogP contribution is -2.33. The standard InChI is InChI=1S/C19H27N3O4/c1-3-26-13-15-8-14(4-5-19(15)25-2)10-21-6-7-22-16(11-21)9-17(20-22)18(24)12-23/h4-5,8-9,18,23-24H,3,6-7,10-13H2,1-2H3/t18-/m1/s1. The van der Waals surface area contributed by atoms with Crippen LogP contribution in [0.4, 0.5) is 0 Å². The van der Waals surface area contributed by atoms with Gasteiger partial charge in [0.25, 0.3) is 0 Å². The average Bonchev–Trinajstić information content (AvgIpc) is 3.09. The number of nitrogens with zero attached hydrogens (tertiary/aromatic N) is 3. The molecule has 142 valence electrons. The summed E-state index contributed by atoms with van der Waals surface area (Å²) in [5, 5.41) is 23.2. The summed E-state index contributed by atoms with van der Waals surface area (Å²) in [5.74, 6) is 0.849. The zero-order valence-electron chi connectivity index (χ0n) is 15.4.